The van der Waals surface area contributed by atoms with E-state index in [2.05, 4.69) is 0 Å². The fourth-order valence-electron chi connectivity index (χ4n) is 3.71. The summed E-state index contributed by atoms with van der Waals surface area (Å²) in [5.74, 6) is -4.51. The van der Waals surface area contributed by atoms with Gasteiger partial charge in [-0.25, -0.2) is 4.62 Å². The van der Waals surface area contributed by atoms with Crippen molar-refractivity contribution in [2.75, 3.05) is 0 Å². The van der Waals surface area contributed by atoms with Crippen molar-refractivity contribution >= 4 is 17.2 Å². The van der Waals surface area contributed by atoms with Crippen molar-refractivity contribution in [3.8, 4) is 0 Å². The predicted octanol–water partition coefficient (Wildman–Crippen LogP) is 1.46. The Kier molecular flexibility index (Phi) is 1.75. The second-order valence-electron chi connectivity index (χ2n) is 6.27. The summed E-state index contributed by atoms with van der Waals surface area (Å²) in [7, 11) is -3.03. The Morgan fingerprint density at radius 2 is 1.26 bits per heavy atom. The third kappa shape index (κ3) is 0.844. The normalized spacial score (nSPS) is 65.8. The van der Waals surface area contributed by atoms with Crippen molar-refractivity contribution in [3.63, 3.8) is 0 Å². The highest BCUT2D eigenvalue weighted by molar-refractivity contribution is 7.44. The molecule has 7 heterocycles. The molecule has 8 nitrogen and oxygen atoms in total. The van der Waals surface area contributed by atoms with Crippen LogP contribution in [0.5, 0.6) is 0 Å². The molecule has 5 bridgehead atoms. The molecule has 7 aliphatic heterocycles. The van der Waals surface area contributed by atoms with Gasteiger partial charge in [0.05, 0.1) is 0 Å². The van der Waals surface area contributed by atoms with Gasteiger partial charge in [-0.15, -0.1) is 0 Å². The van der Waals surface area contributed by atoms with E-state index in [9.17, 15) is 5.11 Å². The number of hydroxylamine groups is 2. The number of nitrogens with zero attached hydrogens (tertiary/aromatic N) is 1. The van der Waals surface area contributed by atoms with Crippen molar-refractivity contribution < 1.29 is 32.3 Å². The second kappa shape index (κ2) is 2.75. The van der Waals surface area contributed by atoms with Crippen LogP contribution in [0.1, 0.15) is 27.7 Å². The minimum Gasteiger partial charge on any atom is -0.357 e. The lowest BCUT2D eigenvalue weighted by atomic mass is 9.69. The van der Waals surface area contributed by atoms with Crippen LogP contribution in [0.2, 0.25) is 0 Å². The Bertz CT molecular complexity index is 501. The maximum Gasteiger partial charge on any atom is 0.356 e. The molecule has 0 amide bonds. The van der Waals surface area contributed by atoms with Crippen LogP contribution in [0.15, 0.2) is 0 Å². The van der Waals surface area contributed by atoms with Gasteiger partial charge in [-0.05, 0) is 27.7 Å². The van der Waals surface area contributed by atoms with E-state index in [1.54, 1.807) is 5.06 Å². The van der Waals surface area contributed by atoms with E-state index in [0.717, 1.165) is 0 Å². The van der Waals surface area contributed by atoms with Gasteiger partial charge in [-0.1, -0.05) is 0 Å². The quantitative estimate of drug-likeness (QED) is 0.674. The first-order chi connectivity index (χ1) is 8.70. The topological polar surface area (TPSA) is 78.9 Å². The second-order valence-corrected chi connectivity index (χ2v) is 8.25. The van der Waals surface area contributed by atoms with E-state index in [-0.39, 0.29) is 0 Å². The van der Waals surface area contributed by atoms with Gasteiger partial charge in [0.1, 0.15) is 11.1 Å². The lowest BCUT2D eigenvalue weighted by molar-refractivity contribution is -0.538. The van der Waals surface area contributed by atoms with Crippen LogP contribution in [-0.4, -0.2) is 38.6 Å². The molecule has 10 heteroatoms. The van der Waals surface area contributed by atoms with Crippen molar-refractivity contribution in [2.24, 2.45) is 0 Å². The number of aliphatic hydroxyl groups is 1. The van der Waals surface area contributed by atoms with Crippen molar-refractivity contribution in [3.05, 3.63) is 0 Å². The number of hydrogen-bond acceptors (Lipinski definition) is 8. The summed E-state index contributed by atoms with van der Waals surface area (Å²) in [5, 5.41) is 12.9. The van der Waals surface area contributed by atoms with E-state index >= 15 is 0 Å². The summed E-state index contributed by atoms with van der Waals surface area (Å²) < 4.78 is 34.1. The molecule has 2 unspecified atom stereocenters. The molecule has 19 heavy (non-hydrogen) atoms. The Morgan fingerprint density at radius 1 is 0.789 bits per heavy atom. The molecule has 1 N–H and O–H groups in total. The molecule has 0 aromatic carbocycles. The van der Waals surface area contributed by atoms with E-state index < -0.39 is 45.6 Å². The SMILES string of the molecule is CC1(C)N2OP3OC1(O3)C1(O)OP3OC1(O3)C2(C)C. The lowest BCUT2D eigenvalue weighted by Gasteiger charge is -2.73. The zero-order chi connectivity index (χ0) is 13.5. The summed E-state index contributed by atoms with van der Waals surface area (Å²) in [6, 6.07) is 0. The first-order valence-corrected chi connectivity index (χ1v) is 8.16. The Morgan fingerprint density at radius 3 is 1.79 bits per heavy atom. The highest BCUT2D eigenvalue weighted by Gasteiger charge is 2.98. The number of hydrogen-bond donors (Lipinski definition) is 1. The fourth-order valence-corrected chi connectivity index (χ4v) is 7.10. The van der Waals surface area contributed by atoms with Crippen molar-refractivity contribution in [2.45, 2.75) is 56.1 Å². The molecule has 0 aromatic heterocycles. The Hall–Kier alpha value is 0.540. The minimum absolute atomic E-state index is 0.752. The summed E-state index contributed by atoms with van der Waals surface area (Å²) >= 11 is 0. The first-order valence-electron chi connectivity index (χ1n) is 5.97. The summed E-state index contributed by atoms with van der Waals surface area (Å²) in [6.07, 6.45) is 0. The van der Waals surface area contributed by atoms with E-state index in [4.69, 9.17) is 27.2 Å². The molecule has 2 atom stereocenters. The molecule has 2 spiro atoms. The van der Waals surface area contributed by atoms with Crippen molar-refractivity contribution in [1.29, 1.82) is 0 Å². The van der Waals surface area contributed by atoms with Gasteiger partial charge in [0.2, 0.25) is 0 Å². The fraction of sp³-hybridized carbons (Fsp3) is 1.00. The van der Waals surface area contributed by atoms with Crippen LogP contribution in [0.25, 0.3) is 0 Å². The largest absolute Gasteiger partial charge is 0.357 e. The average molecular weight is 309 g/mol. The van der Waals surface area contributed by atoms with Crippen LogP contribution < -0.4 is 0 Å². The Balaban J connectivity index is 1.81. The molecular formula is C9H13NO7P2. The maximum absolute atomic E-state index is 11.1. The zero-order valence-electron chi connectivity index (χ0n) is 10.7. The van der Waals surface area contributed by atoms with Gasteiger partial charge in [0.25, 0.3) is 17.4 Å². The molecule has 0 aromatic rings. The molecule has 0 radical (unpaired) electrons. The standard InChI is InChI=1S/C9H13NO7P2/c1-5(2)8-7(11,12-18(13-8)14-8)9-6(3,4)10(5)17-19(15-9)16-9/h11H,1-4H3. The van der Waals surface area contributed by atoms with Gasteiger partial charge in [0, 0.05) is 0 Å². The van der Waals surface area contributed by atoms with E-state index in [1.165, 1.54) is 0 Å². The summed E-state index contributed by atoms with van der Waals surface area (Å²) in [6.45, 7) is 7.51. The van der Waals surface area contributed by atoms with Crippen molar-refractivity contribution in [1.82, 2.24) is 5.06 Å². The molecule has 7 fully saturated rings. The van der Waals surface area contributed by atoms with Crippen LogP contribution in [-0.2, 0) is 27.2 Å². The molecule has 7 saturated heterocycles. The third-order valence-electron chi connectivity index (χ3n) is 4.69. The maximum atomic E-state index is 11.1. The van der Waals surface area contributed by atoms with E-state index in [0.29, 0.717) is 0 Å². The Labute approximate surface area is 111 Å². The average Bonchev–Trinajstić information content (AvgIpc) is 2.61. The smallest absolute Gasteiger partial charge is 0.356 e. The molecule has 7 rings (SSSR count). The highest BCUT2D eigenvalue weighted by atomic mass is 31.2. The molecular weight excluding hydrogens is 296 g/mol. The van der Waals surface area contributed by atoms with Crippen LogP contribution >= 0.6 is 17.2 Å². The van der Waals surface area contributed by atoms with Gasteiger partial charge in [-0.3, -0.25) is 22.6 Å². The predicted molar refractivity (Wildman–Crippen MR) is 60.8 cm³/mol. The number of rotatable bonds is 0. The lowest BCUT2D eigenvalue weighted by Crippen LogP contribution is -2.93. The van der Waals surface area contributed by atoms with Gasteiger partial charge >= 0.3 is 17.2 Å². The monoisotopic (exact) mass is 309 g/mol. The highest BCUT2D eigenvalue weighted by Crippen LogP contribution is 2.86. The zero-order valence-corrected chi connectivity index (χ0v) is 12.5. The van der Waals surface area contributed by atoms with Gasteiger partial charge in [-0.2, -0.15) is 5.06 Å². The molecule has 0 saturated carbocycles. The molecule has 106 valence electrons. The minimum atomic E-state index is -1.79. The van der Waals surface area contributed by atoms with Crippen LogP contribution in [0, 0.1) is 0 Å². The molecule has 7 aliphatic rings. The summed E-state index contributed by atoms with van der Waals surface area (Å²) in [5.41, 5.74) is -1.51. The summed E-state index contributed by atoms with van der Waals surface area (Å²) in [4.78, 5) is 0. The first kappa shape index (κ1) is 12.1. The van der Waals surface area contributed by atoms with E-state index in [1.807, 2.05) is 27.7 Å². The third-order valence-corrected chi connectivity index (χ3v) is 7.02. The van der Waals surface area contributed by atoms with Gasteiger partial charge < -0.3 is 5.11 Å². The van der Waals surface area contributed by atoms with Crippen LogP contribution in [0.3, 0.4) is 0 Å². The van der Waals surface area contributed by atoms with Gasteiger partial charge in [0.15, 0.2) is 0 Å². The number of piperidine rings is 1. The van der Waals surface area contributed by atoms with Crippen LogP contribution in [0.4, 0.5) is 0 Å². The molecule has 0 aliphatic carbocycles.